The van der Waals surface area contributed by atoms with Crippen LogP contribution in [0.25, 0.3) is 27.9 Å². The van der Waals surface area contributed by atoms with Gasteiger partial charge in [0.05, 0.1) is 11.0 Å². The van der Waals surface area contributed by atoms with Gasteiger partial charge in [0.25, 0.3) is 5.91 Å². The third kappa shape index (κ3) is 3.78. The summed E-state index contributed by atoms with van der Waals surface area (Å²) in [6, 6.07) is 21.8. The number of nitrogens with two attached hydrogens (primary N) is 1. The number of nitrogens with zero attached hydrogens (tertiary/aromatic N) is 3. The molecule has 0 radical (unpaired) electrons. The van der Waals surface area contributed by atoms with Crippen LogP contribution in [-0.4, -0.2) is 27.0 Å². The number of aromatic nitrogens is 3. The van der Waals surface area contributed by atoms with Gasteiger partial charge in [-0.05, 0) is 49.2 Å². The van der Waals surface area contributed by atoms with E-state index >= 15 is 0 Å². The Labute approximate surface area is 189 Å². The molecule has 0 spiro atoms. The van der Waals surface area contributed by atoms with E-state index in [9.17, 15) is 9.18 Å². The summed E-state index contributed by atoms with van der Waals surface area (Å²) in [5.41, 5.74) is 11.5. The van der Waals surface area contributed by atoms with Crippen molar-refractivity contribution in [3.8, 4) is 5.69 Å². The van der Waals surface area contributed by atoms with Crippen LogP contribution in [0.2, 0.25) is 0 Å². The second kappa shape index (κ2) is 8.35. The highest BCUT2D eigenvalue weighted by molar-refractivity contribution is 6.11. The van der Waals surface area contributed by atoms with E-state index in [1.165, 1.54) is 6.07 Å². The zero-order valence-electron chi connectivity index (χ0n) is 18.0. The van der Waals surface area contributed by atoms with Gasteiger partial charge in [-0.2, -0.15) is 0 Å². The Hall–Kier alpha value is -4.26. The van der Waals surface area contributed by atoms with Crippen molar-refractivity contribution in [3.05, 3.63) is 95.3 Å². The second-order valence-electron chi connectivity index (χ2n) is 7.91. The molecule has 164 valence electrons. The molecular formula is C26H22FN5O. The molecule has 0 bridgehead atoms. The van der Waals surface area contributed by atoms with E-state index in [1.54, 1.807) is 22.8 Å². The molecule has 5 rings (SSSR count). The van der Waals surface area contributed by atoms with Gasteiger partial charge < -0.3 is 11.1 Å². The minimum Gasteiger partial charge on any atom is -0.384 e. The van der Waals surface area contributed by atoms with Crippen molar-refractivity contribution in [2.45, 2.75) is 13.3 Å². The predicted octanol–water partition coefficient (Wildman–Crippen LogP) is 4.58. The summed E-state index contributed by atoms with van der Waals surface area (Å²) in [5.74, 6) is -0.406. The molecule has 0 unspecified atom stereocenters. The van der Waals surface area contributed by atoms with E-state index < -0.39 is 0 Å². The van der Waals surface area contributed by atoms with E-state index in [4.69, 9.17) is 15.7 Å². The van der Waals surface area contributed by atoms with E-state index in [1.807, 2.05) is 55.5 Å². The largest absolute Gasteiger partial charge is 0.384 e. The topological polar surface area (TPSA) is 85.8 Å². The van der Waals surface area contributed by atoms with Crippen LogP contribution in [-0.2, 0) is 6.42 Å². The molecular weight excluding hydrogens is 417 g/mol. The van der Waals surface area contributed by atoms with Crippen molar-refractivity contribution in [1.29, 1.82) is 0 Å². The monoisotopic (exact) mass is 439 g/mol. The zero-order valence-corrected chi connectivity index (χ0v) is 18.0. The van der Waals surface area contributed by atoms with Gasteiger partial charge >= 0.3 is 0 Å². The van der Waals surface area contributed by atoms with Crippen LogP contribution in [0.15, 0.2) is 72.8 Å². The lowest BCUT2D eigenvalue weighted by molar-refractivity contribution is 0.0956. The first kappa shape index (κ1) is 20.6. The van der Waals surface area contributed by atoms with Crippen LogP contribution in [0.3, 0.4) is 0 Å². The van der Waals surface area contributed by atoms with Gasteiger partial charge in [-0.3, -0.25) is 9.36 Å². The standard InChI is InChI=1S/C26H22FN5O/c1-16-10-12-18(13-11-16)32-24(28)22(23-25(32)31-21-9-5-4-8-20(21)30-23)26(33)29-15-14-17-6-2-3-7-19(17)27/h2-13H,14-15,28H2,1H3,(H,29,33). The number of halogens is 1. The lowest BCUT2D eigenvalue weighted by Crippen LogP contribution is -2.26. The number of para-hydroxylation sites is 2. The fourth-order valence-corrected chi connectivity index (χ4v) is 3.94. The van der Waals surface area contributed by atoms with Gasteiger partial charge in [0, 0.05) is 12.2 Å². The number of amides is 1. The SMILES string of the molecule is Cc1ccc(-n2c(N)c(C(=O)NCCc3ccccc3F)c3nc4ccccc4nc32)cc1. The summed E-state index contributed by atoms with van der Waals surface area (Å²) >= 11 is 0. The molecule has 0 aliphatic heterocycles. The third-order valence-electron chi connectivity index (χ3n) is 5.65. The number of hydrogen-bond acceptors (Lipinski definition) is 4. The summed E-state index contributed by atoms with van der Waals surface area (Å²) in [7, 11) is 0. The molecule has 6 nitrogen and oxygen atoms in total. The number of fused-ring (bicyclic) bond motifs is 2. The summed E-state index contributed by atoms with van der Waals surface area (Å²) < 4.78 is 15.7. The first-order chi connectivity index (χ1) is 16.0. The second-order valence-corrected chi connectivity index (χ2v) is 7.91. The van der Waals surface area contributed by atoms with Crippen molar-refractivity contribution >= 4 is 33.9 Å². The van der Waals surface area contributed by atoms with Crippen molar-refractivity contribution in [3.63, 3.8) is 0 Å². The molecule has 2 aromatic heterocycles. The highest BCUT2D eigenvalue weighted by atomic mass is 19.1. The number of aryl methyl sites for hydroxylation is 1. The summed E-state index contributed by atoms with van der Waals surface area (Å²) in [6.45, 7) is 2.26. The van der Waals surface area contributed by atoms with Crippen molar-refractivity contribution < 1.29 is 9.18 Å². The quantitative estimate of drug-likeness (QED) is 0.420. The molecule has 0 atom stereocenters. The van der Waals surface area contributed by atoms with Crippen LogP contribution >= 0.6 is 0 Å². The van der Waals surface area contributed by atoms with Crippen LogP contribution in [0.5, 0.6) is 0 Å². The molecule has 0 aliphatic rings. The molecule has 2 heterocycles. The van der Waals surface area contributed by atoms with Crippen LogP contribution in [0.4, 0.5) is 10.2 Å². The van der Waals surface area contributed by atoms with Gasteiger partial charge in [-0.1, -0.05) is 48.0 Å². The Kier molecular flexibility index (Phi) is 5.22. The molecule has 0 saturated heterocycles. The first-order valence-electron chi connectivity index (χ1n) is 10.7. The van der Waals surface area contributed by atoms with E-state index in [0.717, 1.165) is 11.3 Å². The number of carbonyl (C=O) groups is 1. The number of benzene rings is 3. The number of carbonyl (C=O) groups excluding carboxylic acids is 1. The maximum Gasteiger partial charge on any atom is 0.257 e. The zero-order chi connectivity index (χ0) is 22.9. The summed E-state index contributed by atoms with van der Waals surface area (Å²) in [5, 5.41) is 2.86. The Bertz CT molecular complexity index is 1490. The fraction of sp³-hybridized carbons (Fsp3) is 0.115. The minimum atomic E-state index is -0.371. The smallest absolute Gasteiger partial charge is 0.257 e. The van der Waals surface area contributed by atoms with E-state index in [2.05, 4.69) is 5.32 Å². The normalized spacial score (nSPS) is 11.2. The molecule has 5 aromatic rings. The number of nitrogen functional groups attached to an aromatic ring is 1. The van der Waals surface area contributed by atoms with Gasteiger partial charge in [-0.25, -0.2) is 14.4 Å². The highest BCUT2D eigenvalue weighted by Crippen LogP contribution is 2.31. The number of rotatable bonds is 5. The lowest BCUT2D eigenvalue weighted by atomic mass is 10.1. The van der Waals surface area contributed by atoms with E-state index in [0.29, 0.717) is 34.2 Å². The van der Waals surface area contributed by atoms with Gasteiger partial charge in [-0.15, -0.1) is 0 Å². The first-order valence-corrected chi connectivity index (χ1v) is 10.7. The van der Waals surface area contributed by atoms with Crippen molar-refractivity contribution in [2.75, 3.05) is 12.3 Å². The maximum absolute atomic E-state index is 13.9. The lowest BCUT2D eigenvalue weighted by Gasteiger charge is -2.09. The Morgan fingerprint density at radius 1 is 0.970 bits per heavy atom. The summed E-state index contributed by atoms with van der Waals surface area (Å²) in [6.07, 6.45) is 0.365. The van der Waals surface area contributed by atoms with Crippen molar-refractivity contribution in [1.82, 2.24) is 19.9 Å². The number of hydrogen-bond donors (Lipinski definition) is 2. The van der Waals surface area contributed by atoms with Gasteiger partial charge in [0.1, 0.15) is 22.7 Å². The Balaban J connectivity index is 1.58. The number of nitrogens with one attached hydrogen (secondary N) is 1. The average molecular weight is 439 g/mol. The Morgan fingerprint density at radius 3 is 2.36 bits per heavy atom. The van der Waals surface area contributed by atoms with Gasteiger partial charge in [0.15, 0.2) is 5.65 Å². The molecule has 1 amide bonds. The van der Waals surface area contributed by atoms with Gasteiger partial charge in [0.2, 0.25) is 0 Å². The minimum absolute atomic E-state index is 0.257. The van der Waals surface area contributed by atoms with Crippen LogP contribution < -0.4 is 11.1 Å². The number of anilines is 1. The molecule has 3 N–H and O–H groups in total. The predicted molar refractivity (Wildman–Crippen MR) is 128 cm³/mol. The highest BCUT2D eigenvalue weighted by Gasteiger charge is 2.24. The van der Waals surface area contributed by atoms with E-state index in [-0.39, 0.29) is 29.7 Å². The molecule has 0 saturated carbocycles. The molecule has 7 heteroatoms. The Morgan fingerprint density at radius 2 is 1.64 bits per heavy atom. The third-order valence-corrected chi connectivity index (χ3v) is 5.65. The fourth-order valence-electron chi connectivity index (χ4n) is 3.94. The molecule has 0 aliphatic carbocycles. The average Bonchev–Trinajstić information content (AvgIpc) is 3.10. The molecule has 0 fully saturated rings. The van der Waals surface area contributed by atoms with Crippen molar-refractivity contribution in [2.24, 2.45) is 0 Å². The summed E-state index contributed by atoms with van der Waals surface area (Å²) in [4.78, 5) is 22.7. The molecule has 33 heavy (non-hydrogen) atoms. The molecule has 3 aromatic carbocycles. The van der Waals surface area contributed by atoms with Crippen LogP contribution in [0, 0.1) is 12.7 Å². The van der Waals surface area contributed by atoms with Crippen LogP contribution in [0.1, 0.15) is 21.5 Å². The maximum atomic E-state index is 13.9.